The van der Waals surface area contributed by atoms with E-state index in [1.54, 1.807) is 24.3 Å². The molecule has 0 spiro atoms. The van der Waals surface area contributed by atoms with Gasteiger partial charge in [0.05, 0.1) is 0 Å². The molecule has 110 valence electrons. The molecule has 0 radical (unpaired) electrons. The number of hydrogen-bond acceptors (Lipinski definition) is 4. The third-order valence-corrected chi connectivity index (χ3v) is 3.38. The molecule has 0 atom stereocenters. The van der Waals surface area contributed by atoms with Crippen LogP contribution in [0.1, 0.15) is 24.8 Å². The third kappa shape index (κ3) is 3.85. The Morgan fingerprint density at radius 3 is 2.57 bits per heavy atom. The minimum atomic E-state index is -0.275. The average molecular weight is 305 g/mol. The molecule has 3 N–H and O–H groups in total. The number of nitrogens with two attached hydrogens (primary N) is 1. The zero-order chi connectivity index (χ0) is 15.4. The molecule has 0 aromatic heterocycles. The molecule has 1 aliphatic heterocycles. The highest BCUT2D eigenvalue weighted by Gasteiger charge is 2.28. The number of likely N-dealkylation sites (tertiary alicyclic amines) is 1. The van der Waals surface area contributed by atoms with E-state index < -0.39 is 0 Å². The smallest absolute Gasteiger partial charge is 0.229 e. The number of carbonyl (C=O) groups is 3. The van der Waals surface area contributed by atoms with E-state index in [-0.39, 0.29) is 48.5 Å². The van der Waals surface area contributed by atoms with Crippen LogP contribution in [-0.2, 0) is 14.4 Å². The Morgan fingerprint density at radius 2 is 1.95 bits per heavy atom. The Balaban J connectivity index is 1.90. The van der Waals surface area contributed by atoms with Crippen molar-refractivity contribution in [2.24, 2.45) is 5.73 Å². The zero-order valence-corrected chi connectivity index (χ0v) is 12.1. The van der Waals surface area contributed by atoms with Crippen molar-refractivity contribution in [2.75, 3.05) is 11.9 Å². The fourth-order valence-corrected chi connectivity index (χ4v) is 2.19. The molecular formula is C14H15N3O3S. The summed E-state index contributed by atoms with van der Waals surface area (Å²) in [6, 6.07) is 6.87. The van der Waals surface area contributed by atoms with Crippen molar-refractivity contribution in [1.82, 2.24) is 4.90 Å². The fraction of sp³-hybridized carbons (Fsp3) is 0.286. The molecule has 7 heteroatoms. The normalized spacial score (nSPS) is 14.4. The van der Waals surface area contributed by atoms with Gasteiger partial charge in [-0.1, -0.05) is 24.4 Å². The number of imide groups is 1. The first kappa shape index (κ1) is 15.1. The maximum absolute atomic E-state index is 11.8. The Labute approximate surface area is 127 Å². The average Bonchev–Trinajstić information content (AvgIpc) is 2.76. The largest absolute Gasteiger partial charge is 0.389 e. The van der Waals surface area contributed by atoms with Crippen LogP contribution in [-0.4, -0.2) is 34.2 Å². The minimum Gasteiger partial charge on any atom is -0.389 e. The number of anilines is 1. The van der Waals surface area contributed by atoms with E-state index in [1.165, 1.54) is 0 Å². The molecule has 1 aliphatic rings. The van der Waals surface area contributed by atoms with Crippen molar-refractivity contribution >= 4 is 40.6 Å². The number of nitrogens with one attached hydrogen (secondary N) is 1. The molecule has 1 saturated heterocycles. The van der Waals surface area contributed by atoms with Crippen LogP contribution < -0.4 is 11.1 Å². The van der Waals surface area contributed by atoms with Gasteiger partial charge in [0.15, 0.2) is 0 Å². The predicted octanol–water partition coefficient (Wildman–Crippen LogP) is 0.798. The lowest BCUT2D eigenvalue weighted by atomic mass is 10.2. The van der Waals surface area contributed by atoms with Crippen molar-refractivity contribution in [1.29, 1.82) is 0 Å². The molecule has 21 heavy (non-hydrogen) atoms. The molecule has 1 aromatic carbocycles. The summed E-state index contributed by atoms with van der Waals surface area (Å²) in [4.78, 5) is 36.1. The molecular weight excluding hydrogens is 290 g/mol. The number of hydrogen-bond donors (Lipinski definition) is 2. The van der Waals surface area contributed by atoms with Gasteiger partial charge in [0.1, 0.15) is 4.99 Å². The molecule has 0 aliphatic carbocycles. The Morgan fingerprint density at radius 1 is 1.29 bits per heavy atom. The number of amides is 3. The van der Waals surface area contributed by atoms with E-state index in [4.69, 9.17) is 18.0 Å². The molecule has 3 amide bonds. The summed E-state index contributed by atoms with van der Waals surface area (Å²) < 4.78 is 0. The second-order valence-corrected chi connectivity index (χ2v) is 5.12. The summed E-state index contributed by atoms with van der Waals surface area (Å²) >= 11 is 4.87. The van der Waals surface area contributed by atoms with Gasteiger partial charge in [-0.25, -0.2) is 0 Å². The van der Waals surface area contributed by atoms with E-state index in [0.29, 0.717) is 11.3 Å². The lowest BCUT2D eigenvalue weighted by Crippen LogP contribution is -2.32. The summed E-state index contributed by atoms with van der Waals surface area (Å²) in [5, 5.41) is 2.69. The highest BCUT2D eigenvalue weighted by molar-refractivity contribution is 7.80. The SMILES string of the molecule is NC(=S)c1cccc(NC(=O)CCN2C(=O)CCC2=O)c1. The molecule has 0 bridgehead atoms. The number of carbonyl (C=O) groups excluding carboxylic acids is 3. The van der Waals surface area contributed by atoms with Gasteiger partial charge in [-0.3, -0.25) is 19.3 Å². The summed E-state index contributed by atoms with van der Waals surface area (Å²) in [6.45, 7) is 0.110. The van der Waals surface area contributed by atoms with E-state index >= 15 is 0 Å². The first-order chi connectivity index (χ1) is 9.97. The molecule has 0 unspecified atom stereocenters. The Bertz CT molecular complexity index is 599. The molecule has 1 aromatic rings. The van der Waals surface area contributed by atoms with Crippen LogP contribution in [0.15, 0.2) is 24.3 Å². The van der Waals surface area contributed by atoms with Gasteiger partial charge in [-0.2, -0.15) is 0 Å². The maximum Gasteiger partial charge on any atom is 0.229 e. The minimum absolute atomic E-state index is 0.0643. The van der Waals surface area contributed by atoms with Crippen LogP contribution in [0.2, 0.25) is 0 Å². The summed E-state index contributed by atoms with van der Waals surface area (Å²) in [5.41, 5.74) is 6.76. The Kier molecular flexibility index (Phi) is 4.64. The monoisotopic (exact) mass is 305 g/mol. The number of benzene rings is 1. The summed E-state index contributed by atoms with van der Waals surface area (Å²) in [5.74, 6) is -0.714. The van der Waals surface area contributed by atoms with Crippen LogP contribution in [0.3, 0.4) is 0 Å². The molecule has 1 fully saturated rings. The van der Waals surface area contributed by atoms with Gasteiger partial charge in [-0.05, 0) is 12.1 Å². The highest BCUT2D eigenvalue weighted by Crippen LogP contribution is 2.13. The van der Waals surface area contributed by atoms with Crippen molar-refractivity contribution in [3.63, 3.8) is 0 Å². The lowest BCUT2D eigenvalue weighted by molar-refractivity contribution is -0.138. The third-order valence-electron chi connectivity index (χ3n) is 3.15. The van der Waals surface area contributed by atoms with E-state index in [9.17, 15) is 14.4 Å². The van der Waals surface area contributed by atoms with E-state index in [1.807, 2.05) is 0 Å². The van der Waals surface area contributed by atoms with Crippen LogP contribution in [0.4, 0.5) is 5.69 Å². The molecule has 6 nitrogen and oxygen atoms in total. The Hall–Kier alpha value is -2.28. The van der Waals surface area contributed by atoms with Crippen LogP contribution >= 0.6 is 12.2 Å². The van der Waals surface area contributed by atoms with Crippen LogP contribution in [0.5, 0.6) is 0 Å². The molecule has 0 saturated carbocycles. The fourth-order valence-electron chi connectivity index (χ4n) is 2.06. The van der Waals surface area contributed by atoms with Crippen LogP contribution in [0.25, 0.3) is 0 Å². The topological polar surface area (TPSA) is 92.5 Å². The molecule has 2 rings (SSSR count). The quantitative estimate of drug-likeness (QED) is 0.620. The second-order valence-electron chi connectivity index (χ2n) is 4.68. The van der Waals surface area contributed by atoms with Gasteiger partial charge >= 0.3 is 0 Å². The number of rotatable bonds is 5. The van der Waals surface area contributed by atoms with Gasteiger partial charge in [0.2, 0.25) is 17.7 Å². The van der Waals surface area contributed by atoms with Crippen molar-refractivity contribution < 1.29 is 14.4 Å². The van der Waals surface area contributed by atoms with Gasteiger partial charge in [-0.15, -0.1) is 0 Å². The second kappa shape index (κ2) is 6.45. The number of thiocarbonyl (C=S) groups is 1. The standard InChI is InChI=1S/C14H15N3O3S/c15-14(21)9-2-1-3-10(8-9)16-11(18)6-7-17-12(19)4-5-13(17)20/h1-3,8H,4-7H2,(H2,15,21)(H,16,18). The van der Waals surface area contributed by atoms with E-state index in [2.05, 4.69) is 5.32 Å². The molecule has 1 heterocycles. The van der Waals surface area contributed by atoms with Crippen molar-refractivity contribution in [3.05, 3.63) is 29.8 Å². The predicted molar refractivity (Wildman–Crippen MR) is 81.5 cm³/mol. The maximum atomic E-state index is 11.8. The summed E-state index contributed by atoms with van der Waals surface area (Å²) in [6.07, 6.45) is 0.529. The van der Waals surface area contributed by atoms with Crippen molar-refractivity contribution in [3.8, 4) is 0 Å². The van der Waals surface area contributed by atoms with Gasteiger partial charge < -0.3 is 11.1 Å². The lowest BCUT2D eigenvalue weighted by Gasteiger charge is -2.13. The number of nitrogens with zero attached hydrogens (tertiary/aromatic N) is 1. The highest BCUT2D eigenvalue weighted by atomic mass is 32.1. The first-order valence-electron chi connectivity index (χ1n) is 6.50. The van der Waals surface area contributed by atoms with Gasteiger partial charge in [0.25, 0.3) is 0 Å². The zero-order valence-electron chi connectivity index (χ0n) is 11.3. The van der Waals surface area contributed by atoms with E-state index in [0.717, 1.165) is 4.90 Å². The van der Waals surface area contributed by atoms with Gasteiger partial charge in [0, 0.05) is 37.1 Å². The first-order valence-corrected chi connectivity index (χ1v) is 6.91. The van der Waals surface area contributed by atoms with Crippen molar-refractivity contribution in [2.45, 2.75) is 19.3 Å². The summed E-state index contributed by atoms with van der Waals surface area (Å²) in [7, 11) is 0. The van der Waals surface area contributed by atoms with Crippen LogP contribution in [0, 0.1) is 0 Å².